The Morgan fingerprint density at radius 2 is 1.74 bits per heavy atom. The highest BCUT2D eigenvalue weighted by Gasteiger charge is 2.43. The van der Waals surface area contributed by atoms with Gasteiger partial charge in [0, 0.05) is 36.1 Å². The van der Waals surface area contributed by atoms with Gasteiger partial charge < -0.3 is 15.3 Å². The average Bonchev–Trinajstić information content (AvgIpc) is 3.20. The van der Waals surface area contributed by atoms with Crippen molar-refractivity contribution < 1.29 is 23.5 Å². The highest BCUT2D eigenvalue weighted by molar-refractivity contribution is 7.21. The van der Waals surface area contributed by atoms with Crippen molar-refractivity contribution in [2.24, 2.45) is 0 Å². The van der Waals surface area contributed by atoms with Gasteiger partial charge in [0.1, 0.15) is 21.3 Å². The molecule has 1 fully saturated rings. The van der Waals surface area contributed by atoms with E-state index in [-0.39, 0.29) is 46.8 Å². The maximum atomic E-state index is 14.6. The fourth-order valence-electron chi connectivity index (χ4n) is 4.82. The summed E-state index contributed by atoms with van der Waals surface area (Å²) in [6.07, 6.45) is -1.07. The fraction of sp³-hybridized carbons (Fsp3) is 0.250. The van der Waals surface area contributed by atoms with Gasteiger partial charge in [-0.3, -0.25) is 19.1 Å². The Balaban J connectivity index is 1.59. The van der Waals surface area contributed by atoms with Gasteiger partial charge in [0.2, 0.25) is 0 Å². The van der Waals surface area contributed by atoms with Crippen LogP contribution in [0.5, 0.6) is 0 Å². The van der Waals surface area contributed by atoms with Crippen LogP contribution in [0.2, 0.25) is 0 Å². The number of pyridine rings is 1. The number of rotatable bonds is 5. The number of aromatic nitrogens is 1. The molecule has 0 atom stereocenters. The van der Waals surface area contributed by atoms with Crippen molar-refractivity contribution in [3.8, 4) is 5.69 Å². The van der Waals surface area contributed by atoms with Gasteiger partial charge in [-0.25, -0.2) is 13.6 Å². The van der Waals surface area contributed by atoms with Gasteiger partial charge in [-0.15, -0.1) is 11.3 Å². The highest BCUT2D eigenvalue weighted by Crippen LogP contribution is 2.40. The number of nitrogens with one attached hydrogen (secondary N) is 1. The van der Waals surface area contributed by atoms with E-state index in [0.717, 1.165) is 23.5 Å². The second-order valence-corrected chi connectivity index (χ2v) is 11.3. The van der Waals surface area contributed by atoms with Crippen LogP contribution in [-0.4, -0.2) is 56.1 Å². The number of carboxylic acid groups (broad SMARTS) is 1. The summed E-state index contributed by atoms with van der Waals surface area (Å²) in [6, 6.07) is 14.6. The summed E-state index contributed by atoms with van der Waals surface area (Å²) in [5.41, 5.74) is -0.112. The molecule has 1 saturated heterocycles. The largest absolute Gasteiger partial charge is 0.465 e. The zero-order valence-corrected chi connectivity index (χ0v) is 22.3. The van der Waals surface area contributed by atoms with E-state index in [1.807, 2.05) is 6.07 Å². The van der Waals surface area contributed by atoms with Crippen LogP contribution in [0.1, 0.15) is 30.4 Å². The molecule has 3 heterocycles. The van der Waals surface area contributed by atoms with Crippen LogP contribution in [0.4, 0.5) is 25.0 Å². The maximum Gasteiger partial charge on any atom is 0.408 e. The molecule has 2 amide bonds. The number of hydrogen-bond donors (Lipinski definition) is 2. The Hall–Kier alpha value is -4.25. The second kappa shape index (κ2) is 9.81. The van der Waals surface area contributed by atoms with E-state index in [4.69, 9.17) is 0 Å². The number of benzene rings is 2. The minimum Gasteiger partial charge on any atom is -0.465 e. The van der Waals surface area contributed by atoms with Crippen molar-refractivity contribution in [1.29, 1.82) is 0 Å². The van der Waals surface area contributed by atoms with Crippen LogP contribution < -0.4 is 10.9 Å². The average molecular weight is 553 g/mol. The smallest absolute Gasteiger partial charge is 0.408 e. The quantitative estimate of drug-likeness (QED) is 0.332. The number of anilines is 2. The molecular formula is C28H26F2N4O4S. The standard InChI is InChI=1S/C28H26F2N4O4S/c1-28(2,3)34(27(37)38)18-14-32(15-18)25(36)24-23(31-21-11-9-16(29)13-20(21)30)19-10-12-22(35)33(26(19)39-24)17-7-5-4-6-8-17/h4-13,18,31H,14-15H2,1-3H3,(H,37,38). The van der Waals surface area contributed by atoms with Gasteiger partial charge in [-0.1, -0.05) is 18.2 Å². The normalized spacial score (nSPS) is 13.8. The Labute approximate surface area is 226 Å². The lowest BCUT2D eigenvalue weighted by atomic mass is 9.98. The van der Waals surface area contributed by atoms with E-state index in [2.05, 4.69) is 5.32 Å². The summed E-state index contributed by atoms with van der Waals surface area (Å²) in [5.74, 6) is -1.96. The van der Waals surface area contributed by atoms with Crippen molar-refractivity contribution in [3.05, 3.63) is 87.5 Å². The molecule has 0 radical (unpaired) electrons. The molecule has 2 N–H and O–H groups in total. The number of likely N-dealkylation sites (tertiary alicyclic amines) is 1. The predicted octanol–water partition coefficient (Wildman–Crippen LogP) is 5.68. The van der Waals surface area contributed by atoms with Crippen molar-refractivity contribution in [1.82, 2.24) is 14.4 Å². The molecular weight excluding hydrogens is 526 g/mol. The lowest BCUT2D eigenvalue weighted by molar-refractivity contribution is -0.000821. The molecule has 0 saturated carbocycles. The number of halogens is 2. The molecule has 202 valence electrons. The Kier molecular flexibility index (Phi) is 6.63. The number of amides is 2. The Morgan fingerprint density at radius 3 is 2.36 bits per heavy atom. The van der Waals surface area contributed by atoms with Crippen molar-refractivity contribution in [3.63, 3.8) is 0 Å². The predicted molar refractivity (Wildman–Crippen MR) is 146 cm³/mol. The Bertz CT molecular complexity index is 1640. The summed E-state index contributed by atoms with van der Waals surface area (Å²) in [6.45, 7) is 5.75. The Morgan fingerprint density at radius 1 is 1.05 bits per heavy atom. The van der Waals surface area contributed by atoms with E-state index >= 15 is 0 Å². The molecule has 2 aromatic carbocycles. The lowest BCUT2D eigenvalue weighted by Crippen LogP contribution is -2.66. The van der Waals surface area contributed by atoms with Crippen molar-refractivity contribution >= 4 is 44.9 Å². The van der Waals surface area contributed by atoms with E-state index in [0.29, 0.717) is 15.9 Å². The highest BCUT2D eigenvalue weighted by atomic mass is 32.1. The first-order chi connectivity index (χ1) is 18.5. The second-order valence-electron chi connectivity index (χ2n) is 10.3. The molecule has 5 rings (SSSR count). The van der Waals surface area contributed by atoms with E-state index < -0.39 is 23.3 Å². The van der Waals surface area contributed by atoms with Crippen molar-refractivity contribution in [2.45, 2.75) is 32.4 Å². The van der Waals surface area contributed by atoms with Crippen molar-refractivity contribution in [2.75, 3.05) is 18.4 Å². The van der Waals surface area contributed by atoms with E-state index in [1.54, 1.807) is 51.1 Å². The molecule has 0 unspecified atom stereocenters. The van der Waals surface area contributed by atoms with Gasteiger partial charge in [0.15, 0.2) is 0 Å². The van der Waals surface area contributed by atoms with Gasteiger partial charge >= 0.3 is 6.09 Å². The van der Waals surface area contributed by atoms with Gasteiger partial charge in [0.05, 0.1) is 23.1 Å². The zero-order chi connectivity index (χ0) is 28.1. The number of hydrogen-bond acceptors (Lipinski definition) is 5. The molecule has 0 bridgehead atoms. The third kappa shape index (κ3) is 4.85. The first-order valence-electron chi connectivity index (χ1n) is 12.2. The third-order valence-electron chi connectivity index (χ3n) is 6.58. The third-order valence-corrected chi connectivity index (χ3v) is 7.76. The number of carbonyl (C=O) groups is 2. The number of nitrogens with zero attached hydrogens (tertiary/aromatic N) is 3. The van der Waals surface area contributed by atoms with Crippen LogP contribution in [0.3, 0.4) is 0 Å². The first kappa shape index (κ1) is 26.4. The molecule has 39 heavy (non-hydrogen) atoms. The van der Waals surface area contributed by atoms with Crippen LogP contribution in [0, 0.1) is 11.6 Å². The van der Waals surface area contributed by atoms with Crippen LogP contribution in [0.15, 0.2) is 65.5 Å². The number of para-hydroxylation sites is 1. The van der Waals surface area contributed by atoms with Gasteiger partial charge in [-0.05, 0) is 51.1 Å². The fourth-order valence-corrected chi connectivity index (χ4v) is 6.06. The van der Waals surface area contributed by atoms with E-state index in [1.165, 1.54) is 26.5 Å². The molecule has 1 aliphatic heterocycles. The molecule has 8 nitrogen and oxygen atoms in total. The minimum atomic E-state index is -1.07. The molecule has 0 aliphatic carbocycles. The summed E-state index contributed by atoms with van der Waals surface area (Å²) < 4.78 is 29.7. The van der Waals surface area contributed by atoms with Crippen LogP contribution in [-0.2, 0) is 0 Å². The van der Waals surface area contributed by atoms with Crippen LogP contribution >= 0.6 is 11.3 Å². The maximum absolute atomic E-state index is 14.6. The molecule has 4 aromatic rings. The lowest BCUT2D eigenvalue weighted by Gasteiger charge is -2.48. The van der Waals surface area contributed by atoms with Gasteiger partial charge in [-0.2, -0.15) is 0 Å². The SMILES string of the molecule is CC(C)(C)N(C(=O)O)C1CN(C(=O)c2sc3c(ccc(=O)n3-c3ccccc3)c2Nc2ccc(F)cc2F)C1. The van der Waals surface area contributed by atoms with Gasteiger partial charge in [0.25, 0.3) is 11.5 Å². The minimum absolute atomic E-state index is 0.0334. The first-order valence-corrected chi connectivity index (χ1v) is 13.0. The summed E-state index contributed by atoms with van der Waals surface area (Å²) in [4.78, 5) is 42.1. The molecule has 1 aliphatic rings. The molecule has 0 spiro atoms. The summed E-state index contributed by atoms with van der Waals surface area (Å²) >= 11 is 1.08. The topological polar surface area (TPSA) is 94.9 Å². The zero-order valence-electron chi connectivity index (χ0n) is 21.4. The number of carbonyl (C=O) groups excluding carboxylic acids is 1. The molecule has 11 heteroatoms. The van der Waals surface area contributed by atoms with E-state index in [9.17, 15) is 28.3 Å². The summed E-state index contributed by atoms with van der Waals surface area (Å²) in [5, 5.41) is 13.2. The summed E-state index contributed by atoms with van der Waals surface area (Å²) in [7, 11) is 0. The monoisotopic (exact) mass is 552 g/mol. The van der Waals surface area contributed by atoms with Crippen LogP contribution in [0.25, 0.3) is 15.9 Å². The number of fused-ring (bicyclic) bond motifs is 1. The molecule has 2 aromatic heterocycles. The number of thiophene rings is 1.